The molecular weight excluding hydrogens is 285 g/mol. The summed E-state index contributed by atoms with van der Waals surface area (Å²) in [5, 5.41) is 18.1. The summed E-state index contributed by atoms with van der Waals surface area (Å²) < 4.78 is 39.9. The number of carbonyl (C=O) groups is 1. The fourth-order valence-electron chi connectivity index (χ4n) is 2.23. The first-order chi connectivity index (χ1) is 9.79. The van der Waals surface area contributed by atoms with Crippen molar-refractivity contribution < 1.29 is 23.1 Å². The number of phenolic OH excluding ortho intramolecular Hbond substituents is 1. The molecule has 0 aliphatic carbocycles. The standard InChI is InChI=1S/C14H13F3N2O2/c1-14(7-18)2-4-19(5-3-14)13(21)8-6-9(15)11(17)12(20)10(8)16/h6,20H,2-5H2,1H3. The minimum absolute atomic E-state index is 0.210. The summed E-state index contributed by atoms with van der Waals surface area (Å²) in [6.45, 7) is 2.18. The highest BCUT2D eigenvalue weighted by Gasteiger charge is 2.33. The van der Waals surface area contributed by atoms with Gasteiger partial charge in [0.2, 0.25) is 5.82 Å². The van der Waals surface area contributed by atoms with Crippen LogP contribution in [0.3, 0.4) is 0 Å². The fourth-order valence-corrected chi connectivity index (χ4v) is 2.23. The summed E-state index contributed by atoms with van der Waals surface area (Å²) in [7, 11) is 0. The molecule has 2 rings (SSSR count). The van der Waals surface area contributed by atoms with E-state index in [0.717, 1.165) is 0 Å². The van der Waals surface area contributed by atoms with Gasteiger partial charge in [-0.15, -0.1) is 0 Å². The van der Waals surface area contributed by atoms with Gasteiger partial charge in [-0.3, -0.25) is 4.79 Å². The Hall–Kier alpha value is -2.23. The van der Waals surface area contributed by atoms with Crippen LogP contribution in [0.4, 0.5) is 13.2 Å². The molecule has 0 unspecified atom stereocenters. The maximum Gasteiger partial charge on any atom is 0.257 e. The molecule has 1 aromatic rings. The van der Waals surface area contributed by atoms with E-state index in [9.17, 15) is 18.0 Å². The van der Waals surface area contributed by atoms with Crippen molar-refractivity contribution in [3.8, 4) is 11.8 Å². The molecule has 1 aliphatic rings. The quantitative estimate of drug-likeness (QED) is 0.810. The summed E-state index contributed by atoms with van der Waals surface area (Å²) in [4.78, 5) is 13.4. The number of carbonyl (C=O) groups excluding carboxylic acids is 1. The SMILES string of the molecule is CC1(C#N)CCN(C(=O)c2cc(F)c(F)c(O)c2F)CC1. The Labute approximate surface area is 119 Å². The number of benzene rings is 1. The first kappa shape index (κ1) is 15.2. The molecule has 0 radical (unpaired) electrons. The molecule has 1 aromatic carbocycles. The molecule has 1 heterocycles. The van der Waals surface area contributed by atoms with E-state index in [-0.39, 0.29) is 13.1 Å². The highest BCUT2D eigenvalue weighted by atomic mass is 19.2. The van der Waals surface area contributed by atoms with Crippen molar-refractivity contribution in [2.24, 2.45) is 5.41 Å². The van der Waals surface area contributed by atoms with Gasteiger partial charge in [0.1, 0.15) is 0 Å². The molecule has 1 fully saturated rings. The normalized spacial score (nSPS) is 17.4. The van der Waals surface area contributed by atoms with Crippen LogP contribution in [-0.2, 0) is 0 Å². The summed E-state index contributed by atoms with van der Waals surface area (Å²) in [6, 6.07) is 2.59. The summed E-state index contributed by atoms with van der Waals surface area (Å²) >= 11 is 0. The molecule has 0 aromatic heterocycles. The van der Waals surface area contributed by atoms with Crippen molar-refractivity contribution in [1.29, 1.82) is 5.26 Å². The second-order valence-corrected chi connectivity index (χ2v) is 5.35. The van der Waals surface area contributed by atoms with E-state index in [1.54, 1.807) is 6.92 Å². The third kappa shape index (κ3) is 2.66. The van der Waals surface area contributed by atoms with Crippen LogP contribution in [0.15, 0.2) is 6.07 Å². The van der Waals surface area contributed by atoms with E-state index in [0.29, 0.717) is 18.9 Å². The third-order valence-electron chi connectivity index (χ3n) is 3.79. The number of amides is 1. The summed E-state index contributed by atoms with van der Waals surface area (Å²) in [5.74, 6) is -7.03. The van der Waals surface area contributed by atoms with Crippen molar-refractivity contribution in [2.45, 2.75) is 19.8 Å². The minimum Gasteiger partial charge on any atom is -0.503 e. The highest BCUT2D eigenvalue weighted by Crippen LogP contribution is 2.32. The zero-order valence-corrected chi connectivity index (χ0v) is 11.3. The van der Waals surface area contributed by atoms with Crippen molar-refractivity contribution in [3.63, 3.8) is 0 Å². The first-order valence-electron chi connectivity index (χ1n) is 6.36. The average Bonchev–Trinajstić information content (AvgIpc) is 2.49. The van der Waals surface area contributed by atoms with Gasteiger partial charge in [0.15, 0.2) is 17.4 Å². The van der Waals surface area contributed by atoms with Gasteiger partial charge in [-0.1, -0.05) is 0 Å². The Kier molecular flexibility index (Phi) is 3.81. The Morgan fingerprint density at radius 2 is 1.90 bits per heavy atom. The van der Waals surface area contributed by atoms with E-state index in [1.165, 1.54) is 4.90 Å². The van der Waals surface area contributed by atoms with Crippen LogP contribution in [0.2, 0.25) is 0 Å². The first-order valence-corrected chi connectivity index (χ1v) is 6.36. The highest BCUT2D eigenvalue weighted by molar-refractivity contribution is 5.95. The smallest absolute Gasteiger partial charge is 0.257 e. The van der Waals surface area contributed by atoms with Gasteiger partial charge in [-0.25, -0.2) is 8.78 Å². The molecule has 0 bridgehead atoms. The number of aromatic hydroxyl groups is 1. The van der Waals surface area contributed by atoms with Gasteiger partial charge in [0.05, 0.1) is 17.0 Å². The summed E-state index contributed by atoms with van der Waals surface area (Å²) in [6.07, 6.45) is 0.818. The molecule has 21 heavy (non-hydrogen) atoms. The zero-order chi connectivity index (χ0) is 15.8. The zero-order valence-electron chi connectivity index (χ0n) is 11.3. The molecule has 1 amide bonds. The fraction of sp³-hybridized carbons (Fsp3) is 0.429. The molecular formula is C14H13F3N2O2. The third-order valence-corrected chi connectivity index (χ3v) is 3.79. The van der Waals surface area contributed by atoms with Gasteiger partial charge in [-0.05, 0) is 25.8 Å². The monoisotopic (exact) mass is 298 g/mol. The maximum absolute atomic E-state index is 13.7. The van der Waals surface area contributed by atoms with E-state index in [1.807, 2.05) is 0 Å². The van der Waals surface area contributed by atoms with E-state index < -0.39 is 40.1 Å². The number of phenols is 1. The molecule has 7 heteroatoms. The van der Waals surface area contributed by atoms with Crippen molar-refractivity contribution in [1.82, 2.24) is 4.90 Å². The second-order valence-electron chi connectivity index (χ2n) is 5.35. The number of halogens is 3. The Morgan fingerprint density at radius 3 is 2.43 bits per heavy atom. The lowest BCUT2D eigenvalue weighted by Gasteiger charge is -2.35. The lowest BCUT2D eigenvalue weighted by molar-refractivity contribution is 0.0655. The van der Waals surface area contributed by atoms with Crippen LogP contribution in [0.1, 0.15) is 30.1 Å². The van der Waals surface area contributed by atoms with Gasteiger partial charge in [0.25, 0.3) is 5.91 Å². The number of hydrogen-bond acceptors (Lipinski definition) is 3. The molecule has 112 valence electrons. The maximum atomic E-state index is 13.7. The number of rotatable bonds is 1. The van der Waals surface area contributed by atoms with Crippen LogP contribution in [0.25, 0.3) is 0 Å². The van der Waals surface area contributed by atoms with Gasteiger partial charge in [-0.2, -0.15) is 9.65 Å². The van der Waals surface area contributed by atoms with E-state index in [2.05, 4.69) is 6.07 Å². The Morgan fingerprint density at radius 1 is 1.33 bits per heavy atom. The van der Waals surface area contributed by atoms with Gasteiger partial charge < -0.3 is 10.0 Å². The van der Waals surface area contributed by atoms with Crippen LogP contribution in [-0.4, -0.2) is 29.0 Å². The number of piperidine rings is 1. The topological polar surface area (TPSA) is 64.3 Å². The Bertz CT molecular complexity index is 632. The van der Waals surface area contributed by atoms with E-state index >= 15 is 0 Å². The van der Waals surface area contributed by atoms with E-state index in [4.69, 9.17) is 10.4 Å². The predicted octanol–water partition coefficient (Wildman–Crippen LogP) is 2.58. The van der Waals surface area contributed by atoms with Gasteiger partial charge in [0, 0.05) is 13.1 Å². The molecule has 0 spiro atoms. The Balaban J connectivity index is 2.25. The van der Waals surface area contributed by atoms with Crippen LogP contribution in [0, 0.1) is 34.2 Å². The predicted molar refractivity (Wildman–Crippen MR) is 66.8 cm³/mol. The molecule has 1 N–H and O–H groups in total. The van der Waals surface area contributed by atoms with Crippen LogP contribution >= 0.6 is 0 Å². The van der Waals surface area contributed by atoms with Crippen LogP contribution in [0.5, 0.6) is 5.75 Å². The number of likely N-dealkylation sites (tertiary alicyclic amines) is 1. The number of nitrogens with zero attached hydrogens (tertiary/aromatic N) is 2. The van der Waals surface area contributed by atoms with Crippen LogP contribution < -0.4 is 0 Å². The molecule has 4 nitrogen and oxygen atoms in total. The lowest BCUT2D eigenvalue weighted by atomic mass is 9.82. The van der Waals surface area contributed by atoms with Crippen molar-refractivity contribution in [3.05, 3.63) is 29.1 Å². The molecule has 0 saturated carbocycles. The number of hydrogen-bond donors (Lipinski definition) is 1. The minimum atomic E-state index is -1.72. The largest absolute Gasteiger partial charge is 0.503 e. The molecule has 1 aliphatic heterocycles. The lowest BCUT2D eigenvalue weighted by Crippen LogP contribution is -2.42. The van der Waals surface area contributed by atoms with Crippen molar-refractivity contribution >= 4 is 5.91 Å². The average molecular weight is 298 g/mol. The molecule has 0 atom stereocenters. The van der Waals surface area contributed by atoms with Crippen molar-refractivity contribution in [2.75, 3.05) is 13.1 Å². The second kappa shape index (κ2) is 5.28. The van der Waals surface area contributed by atoms with Gasteiger partial charge >= 0.3 is 0 Å². The molecule has 1 saturated heterocycles. The number of nitriles is 1. The summed E-state index contributed by atoms with van der Waals surface area (Å²) in [5.41, 5.74) is -1.27.